The molecule has 0 radical (unpaired) electrons. The van der Waals surface area contributed by atoms with Crippen molar-refractivity contribution in [3.05, 3.63) is 29.1 Å². The number of anilines is 1. The molecule has 0 aromatic heterocycles. The Balaban J connectivity index is 3.24. The monoisotopic (exact) mass is 195 g/mol. The minimum Gasteiger partial charge on any atom is -0.324 e. The van der Waals surface area contributed by atoms with Gasteiger partial charge >= 0.3 is 0 Å². The van der Waals surface area contributed by atoms with Crippen LogP contribution in [0.25, 0.3) is 0 Å². The molecule has 1 aromatic rings. The molecule has 1 N–H and O–H groups in total. The second-order valence-corrected chi connectivity index (χ2v) is 2.94. The van der Waals surface area contributed by atoms with E-state index in [0.29, 0.717) is 17.4 Å². The van der Waals surface area contributed by atoms with Crippen LogP contribution in [-0.2, 0) is 4.79 Å². The van der Waals surface area contributed by atoms with Crippen LogP contribution in [0, 0.1) is 12.7 Å². The van der Waals surface area contributed by atoms with E-state index in [9.17, 15) is 14.0 Å². The Morgan fingerprint density at radius 2 is 2.14 bits per heavy atom. The maximum Gasteiger partial charge on any atom is 0.221 e. The molecule has 0 aliphatic rings. The van der Waals surface area contributed by atoms with Crippen molar-refractivity contribution in [1.29, 1.82) is 0 Å². The highest BCUT2D eigenvalue weighted by Crippen LogP contribution is 2.21. The number of carbonyl (C=O) groups is 2. The van der Waals surface area contributed by atoms with E-state index in [1.807, 2.05) is 0 Å². The summed E-state index contributed by atoms with van der Waals surface area (Å²) in [5, 5.41) is 2.34. The molecule has 0 saturated carbocycles. The third-order valence-electron chi connectivity index (χ3n) is 1.88. The molecule has 4 heteroatoms. The number of rotatable bonds is 2. The zero-order valence-corrected chi connectivity index (χ0v) is 7.93. The molecule has 1 aromatic carbocycles. The van der Waals surface area contributed by atoms with E-state index >= 15 is 0 Å². The fourth-order valence-corrected chi connectivity index (χ4v) is 1.15. The quantitative estimate of drug-likeness (QED) is 0.732. The standard InChI is InChI=1S/C10H10FNO2/c1-6-8(5-13)3-4-9(11)10(6)12-7(2)14/h3-5H,1-2H3,(H,12,14). The Kier molecular flexibility index (Phi) is 2.96. The molecule has 0 atom stereocenters. The molecule has 0 saturated heterocycles. The van der Waals surface area contributed by atoms with E-state index in [0.717, 1.165) is 6.07 Å². The van der Waals surface area contributed by atoms with Crippen LogP contribution in [0.4, 0.5) is 10.1 Å². The summed E-state index contributed by atoms with van der Waals surface area (Å²) in [5.41, 5.74) is 0.882. The van der Waals surface area contributed by atoms with Gasteiger partial charge < -0.3 is 5.32 Å². The Hall–Kier alpha value is -1.71. The molecule has 0 spiro atoms. The van der Waals surface area contributed by atoms with Gasteiger partial charge in [0.1, 0.15) is 12.1 Å². The van der Waals surface area contributed by atoms with E-state index in [4.69, 9.17) is 0 Å². The summed E-state index contributed by atoms with van der Waals surface area (Å²) >= 11 is 0. The van der Waals surface area contributed by atoms with Gasteiger partial charge in [-0.15, -0.1) is 0 Å². The molecule has 0 aliphatic carbocycles. The van der Waals surface area contributed by atoms with Crippen LogP contribution in [0.15, 0.2) is 12.1 Å². The van der Waals surface area contributed by atoms with Crippen molar-refractivity contribution in [1.82, 2.24) is 0 Å². The molecule has 3 nitrogen and oxygen atoms in total. The third kappa shape index (κ3) is 1.96. The lowest BCUT2D eigenvalue weighted by Gasteiger charge is -2.09. The number of carbonyl (C=O) groups excluding carboxylic acids is 2. The van der Waals surface area contributed by atoms with E-state index in [1.54, 1.807) is 6.92 Å². The van der Waals surface area contributed by atoms with Crippen LogP contribution in [0.5, 0.6) is 0 Å². The number of benzene rings is 1. The second-order valence-electron chi connectivity index (χ2n) is 2.94. The predicted molar refractivity (Wildman–Crippen MR) is 50.8 cm³/mol. The molecule has 0 bridgehead atoms. The summed E-state index contributed by atoms with van der Waals surface area (Å²) in [4.78, 5) is 21.3. The molecule has 1 rings (SSSR count). The van der Waals surface area contributed by atoms with Gasteiger partial charge in [0.05, 0.1) is 5.69 Å². The van der Waals surface area contributed by atoms with Crippen molar-refractivity contribution >= 4 is 17.9 Å². The maximum absolute atomic E-state index is 13.2. The van der Waals surface area contributed by atoms with Crippen LogP contribution >= 0.6 is 0 Å². The van der Waals surface area contributed by atoms with Crippen molar-refractivity contribution < 1.29 is 14.0 Å². The van der Waals surface area contributed by atoms with E-state index in [1.165, 1.54) is 13.0 Å². The number of nitrogens with one attached hydrogen (secondary N) is 1. The molecule has 14 heavy (non-hydrogen) atoms. The van der Waals surface area contributed by atoms with Crippen molar-refractivity contribution in [2.75, 3.05) is 5.32 Å². The number of halogens is 1. The first-order valence-corrected chi connectivity index (χ1v) is 4.08. The Labute approximate surface area is 80.9 Å². The molecule has 0 aliphatic heterocycles. The number of amides is 1. The Bertz CT molecular complexity index is 388. The summed E-state index contributed by atoms with van der Waals surface area (Å²) in [6.45, 7) is 2.87. The highest BCUT2D eigenvalue weighted by molar-refractivity contribution is 5.91. The maximum atomic E-state index is 13.2. The van der Waals surface area contributed by atoms with Crippen LogP contribution in [0.3, 0.4) is 0 Å². The van der Waals surface area contributed by atoms with Gasteiger partial charge in [-0.05, 0) is 24.6 Å². The smallest absolute Gasteiger partial charge is 0.221 e. The topological polar surface area (TPSA) is 46.2 Å². The summed E-state index contributed by atoms with van der Waals surface area (Å²) < 4.78 is 13.2. The van der Waals surface area contributed by atoms with Gasteiger partial charge in [-0.3, -0.25) is 9.59 Å². The molecule has 0 unspecified atom stereocenters. The number of aldehydes is 1. The van der Waals surface area contributed by atoms with Gasteiger partial charge in [-0.1, -0.05) is 0 Å². The lowest BCUT2D eigenvalue weighted by Crippen LogP contribution is -2.10. The summed E-state index contributed by atoms with van der Waals surface area (Å²) in [6.07, 6.45) is 0.625. The highest BCUT2D eigenvalue weighted by atomic mass is 19.1. The van der Waals surface area contributed by atoms with Crippen LogP contribution in [0.2, 0.25) is 0 Å². The fraction of sp³-hybridized carbons (Fsp3) is 0.200. The lowest BCUT2D eigenvalue weighted by atomic mass is 10.1. The van der Waals surface area contributed by atoms with Gasteiger partial charge in [-0.25, -0.2) is 4.39 Å². The summed E-state index contributed by atoms with van der Waals surface area (Å²) in [6, 6.07) is 2.53. The van der Waals surface area contributed by atoms with E-state index < -0.39 is 5.82 Å². The average molecular weight is 195 g/mol. The minimum atomic E-state index is -0.539. The molecular weight excluding hydrogens is 185 g/mol. The van der Waals surface area contributed by atoms with Gasteiger partial charge in [0.2, 0.25) is 5.91 Å². The van der Waals surface area contributed by atoms with Crippen LogP contribution < -0.4 is 5.32 Å². The third-order valence-corrected chi connectivity index (χ3v) is 1.88. The fourth-order valence-electron chi connectivity index (χ4n) is 1.15. The molecule has 0 heterocycles. The number of hydrogen-bond acceptors (Lipinski definition) is 2. The van der Waals surface area contributed by atoms with Crippen molar-refractivity contribution in [2.45, 2.75) is 13.8 Å². The highest BCUT2D eigenvalue weighted by Gasteiger charge is 2.10. The van der Waals surface area contributed by atoms with Gasteiger partial charge in [0.25, 0.3) is 0 Å². The predicted octanol–water partition coefficient (Wildman–Crippen LogP) is 1.91. The average Bonchev–Trinajstić information content (AvgIpc) is 2.12. The number of hydrogen-bond donors (Lipinski definition) is 1. The Morgan fingerprint density at radius 3 is 2.64 bits per heavy atom. The molecule has 1 amide bonds. The van der Waals surface area contributed by atoms with Gasteiger partial charge in [0, 0.05) is 12.5 Å². The minimum absolute atomic E-state index is 0.0714. The van der Waals surface area contributed by atoms with Crippen LogP contribution in [-0.4, -0.2) is 12.2 Å². The first-order valence-electron chi connectivity index (χ1n) is 4.08. The summed E-state index contributed by atoms with van der Waals surface area (Å²) in [7, 11) is 0. The zero-order chi connectivity index (χ0) is 10.7. The Morgan fingerprint density at radius 1 is 1.50 bits per heavy atom. The van der Waals surface area contributed by atoms with Gasteiger partial charge in [0.15, 0.2) is 0 Å². The van der Waals surface area contributed by atoms with Gasteiger partial charge in [-0.2, -0.15) is 0 Å². The molecule has 74 valence electrons. The molecule has 0 fully saturated rings. The lowest BCUT2D eigenvalue weighted by molar-refractivity contribution is -0.114. The largest absolute Gasteiger partial charge is 0.324 e. The first-order chi connectivity index (χ1) is 6.56. The van der Waals surface area contributed by atoms with E-state index in [-0.39, 0.29) is 11.6 Å². The first kappa shape index (κ1) is 10.4. The van der Waals surface area contributed by atoms with E-state index in [2.05, 4.69) is 5.32 Å². The molecular formula is C10H10FNO2. The van der Waals surface area contributed by atoms with Crippen molar-refractivity contribution in [3.63, 3.8) is 0 Å². The summed E-state index contributed by atoms with van der Waals surface area (Å²) in [5.74, 6) is -0.904. The van der Waals surface area contributed by atoms with Crippen LogP contribution in [0.1, 0.15) is 22.8 Å². The second kappa shape index (κ2) is 4.00. The SMILES string of the molecule is CC(=O)Nc1c(F)ccc(C=O)c1C. The van der Waals surface area contributed by atoms with Crippen molar-refractivity contribution in [2.24, 2.45) is 0 Å². The zero-order valence-electron chi connectivity index (χ0n) is 7.93. The normalized spacial score (nSPS) is 9.64. The van der Waals surface area contributed by atoms with Crippen molar-refractivity contribution in [3.8, 4) is 0 Å².